The first kappa shape index (κ1) is 13.4. The van der Waals surface area contributed by atoms with Crippen LogP contribution in [0.3, 0.4) is 0 Å². The second-order valence-electron chi connectivity index (χ2n) is 4.48. The number of carbonyl (C=O) groups excluding carboxylic acids is 2. The predicted molar refractivity (Wildman–Crippen MR) is 64.6 cm³/mol. The second kappa shape index (κ2) is 6.23. The molecular weight excluding hydrogens is 250 g/mol. The fourth-order valence-electron chi connectivity index (χ4n) is 2.19. The molecule has 2 rings (SSSR count). The van der Waals surface area contributed by atoms with E-state index in [-0.39, 0.29) is 25.0 Å². The number of nitrogens with one attached hydrogen (secondary N) is 1. The first-order valence-electron chi connectivity index (χ1n) is 6.16. The van der Waals surface area contributed by atoms with Crippen LogP contribution >= 0.6 is 0 Å². The van der Waals surface area contributed by atoms with Gasteiger partial charge in [0.2, 0.25) is 11.8 Å². The molecule has 3 N–H and O–H groups in total. The molecule has 1 fully saturated rings. The standard InChI is InChI=1S/C10H17N7O2/c11-9(18)5-17(8-1-3-12-4-2-8)10(19)6-16-7-13-14-15-16/h7-8,12H,1-6H2,(H2,11,18). The number of carbonyl (C=O) groups is 2. The van der Waals surface area contributed by atoms with Gasteiger partial charge in [-0.15, -0.1) is 5.10 Å². The second-order valence-corrected chi connectivity index (χ2v) is 4.48. The Kier molecular flexibility index (Phi) is 4.39. The molecule has 19 heavy (non-hydrogen) atoms. The minimum Gasteiger partial charge on any atom is -0.368 e. The Morgan fingerprint density at radius 3 is 2.74 bits per heavy atom. The Morgan fingerprint density at radius 1 is 1.42 bits per heavy atom. The zero-order valence-corrected chi connectivity index (χ0v) is 10.5. The highest BCUT2D eigenvalue weighted by Gasteiger charge is 2.26. The summed E-state index contributed by atoms with van der Waals surface area (Å²) in [4.78, 5) is 24.9. The number of amides is 2. The summed E-state index contributed by atoms with van der Waals surface area (Å²) in [5.41, 5.74) is 5.22. The molecule has 0 unspecified atom stereocenters. The molecule has 0 bridgehead atoms. The zero-order chi connectivity index (χ0) is 13.7. The van der Waals surface area contributed by atoms with Gasteiger partial charge in [0.05, 0.1) is 6.54 Å². The third-order valence-electron chi connectivity index (χ3n) is 3.08. The molecule has 1 saturated heterocycles. The lowest BCUT2D eigenvalue weighted by Crippen LogP contribution is -2.50. The summed E-state index contributed by atoms with van der Waals surface area (Å²) in [5.74, 6) is -0.707. The summed E-state index contributed by atoms with van der Waals surface area (Å²) in [6.45, 7) is 1.62. The SMILES string of the molecule is NC(=O)CN(C(=O)Cn1cnnn1)C1CCNCC1. The average Bonchev–Trinajstić information content (AvgIpc) is 2.89. The maximum Gasteiger partial charge on any atom is 0.245 e. The van der Waals surface area contributed by atoms with E-state index in [2.05, 4.69) is 20.8 Å². The highest BCUT2D eigenvalue weighted by atomic mass is 16.2. The Hall–Kier alpha value is -2.03. The minimum atomic E-state index is -0.511. The van der Waals surface area contributed by atoms with Crippen LogP contribution in [0, 0.1) is 0 Å². The van der Waals surface area contributed by atoms with E-state index < -0.39 is 5.91 Å². The molecule has 0 radical (unpaired) electrons. The van der Waals surface area contributed by atoms with Crippen molar-refractivity contribution in [2.24, 2.45) is 5.73 Å². The van der Waals surface area contributed by atoms with Crippen molar-refractivity contribution in [3.05, 3.63) is 6.33 Å². The van der Waals surface area contributed by atoms with Gasteiger partial charge in [-0.2, -0.15) is 0 Å². The summed E-state index contributed by atoms with van der Waals surface area (Å²) < 4.78 is 1.33. The average molecular weight is 267 g/mol. The maximum absolute atomic E-state index is 12.2. The van der Waals surface area contributed by atoms with Crippen LogP contribution in [0.1, 0.15) is 12.8 Å². The van der Waals surface area contributed by atoms with Gasteiger partial charge in [0, 0.05) is 6.04 Å². The van der Waals surface area contributed by atoms with Crippen molar-refractivity contribution in [1.29, 1.82) is 0 Å². The molecule has 2 heterocycles. The van der Waals surface area contributed by atoms with E-state index in [0.717, 1.165) is 25.9 Å². The molecular formula is C10H17N7O2. The van der Waals surface area contributed by atoms with Crippen molar-refractivity contribution in [3.8, 4) is 0 Å². The van der Waals surface area contributed by atoms with Crippen LogP contribution in [-0.2, 0) is 16.1 Å². The van der Waals surface area contributed by atoms with Gasteiger partial charge >= 0.3 is 0 Å². The summed E-state index contributed by atoms with van der Waals surface area (Å²) >= 11 is 0. The highest BCUT2D eigenvalue weighted by molar-refractivity contribution is 5.83. The van der Waals surface area contributed by atoms with Gasteiger partial charge in [0.1, 0.15) is 12.9 Å². The van der Waals surface area contributed by atoms with Crippen LogP contribution in [0.15, 0.2) is 6.33 Å². The van der Waals surface area contributed by atoms with Crippen LogP contribution in [0.2, 0.25) is 0 Å². The fraction of sp³-hybridized carbons (Fsp3) is 0.700. The van der Waals surface area contributed by atoms with Crippen LogP contribution < -0.4 is 11.1 Å². The number of rotatable bonds is 5. The van der Waals surface area contributed by atoms with Crippen molar-refractivity contribution < 1.29 is 9.59 Å². The number of primary amides is 1. The first-order valence-corrected chi connectivity index (χ1v) is 6.16. The van der Waals surface area contributed by atoms with E-state index in [4.69, 9.17) is 5.73 Å². The lowest BCUT2D eigenvalue weighted by molar-refractivity contribution is -0.138. The Bertz CT molecular complexity index is 427. The largest absolute Gasteiger partial charge is 0.368 e. The lowest BCUT2D eigenvalue weighted by Gasteiger charge is -2.33. The summed E-state index contributed by atoms with van der Waals surface area (Å²) in [5, 5.41) is 13.8. The van der Waals surface area contributed by atoms with E-state index in [0.29, 0.717) is 0 Å². The molecule has 0 spiro atoms. The van der Waals surface area contributed by atoms with E-state index in [1.807, 2.05) is 0 Å². The molecule has 2 amide bonds. The van der Waals surface area contributed by atoms with E-state index in [9.17, 15) is 9.59 Å². The van der Waals surface area contributed by atoms with E-state index in [1.165, 1.54) is 15.9 Å². The number of nitrogens with zero attached hydrogens (tertiary/aromatic N) is 5. The van der Waals surface area contributed by atoms with E-state index >= 15 is 0 Å². The molecule has 104 valence electrons. The third kappa shape index (κ3) is 3.71. The van der Waals surface area contributed by atoms with Gasteiger partial charge in [0.25, 0.3) is 0 Å². The first-order chi connectivity index (χ1) is 9.16. The van der Waals surface area contributed by atoms with Gasteiger partial charge in [0.15, 0.2) is 0 Å². The third-order valence-corrected chi connectivity index (χ3v) is 3.08. The van der Waals surface area contributed by atoms with Crippen molar-refractivity contribution in [1.82, 2.24) is 30.4 Å². The van der Waals surface area contributed by atoms with Gasteiger partial charge in [-0.05, 0) is 36.4 Å². The van der Waals surface area contributed by atoms with Crippen LogP contribution in [0.5, 0.6) is 0 Å². The van der Waals surface area contributed by atoms with Gasteiger partial charge in [-0.25, -0.2) is 4.68 Å². The lowest BCUT2D eigenvalue weighted by atomic mass is 10.0. The van der Waals surface area contributed by atoms with E-state index in [1.54, 1.807) is 0 Å². The molecule has 9 heteroatoms. The Labute approximate surface area is 110 Å². The zero-order valence-electron chi connectivity index (χ0n) is 10.5. The summed E-state index contributed by atoms with van der Waals surface area (Å²) in [6.07, 6.45) is 2.99. The van der Waals surface area contributed by atoms with Crippen molar-refractivity contribution in [3.63, 3.8) is 0 Å². The molecule has 1 aromatic heterocycles. The normalized spacial score (nSPS) is 16.2. The molecule has 1 aliphatic rings. The number of hydrogen-bond acceptors (Lipinski definition) is 6. The maximum atomic E-state index is 12.2. The van der Waals surface area contributed by atoms with Crippen LogP contribution in [0.25, 0.3) is 0 Å². The highest BCUT2D eigenvalue weighted by Crippen LogP contribution is 2.12. The van der Waals surface area contributed by atoms with Crippen molar-refractivity contribution >= 4 is 11.8 Å². The number of piperidine rings is 1. The number of hydrogen-bond donors (Lipinski definition) is 2. The topological polar surface area (TPSA) is 119 Å². The molecule has 0 aromatic carbocycles. The van der Waals surface area contributed by atoms with Crippen molar-refractivity contribution in [2.75, 3.05) is 19.6 Å². The smallest absolute Gasteiger partial charge is 0.245 e. The monoisotopic (exact) mass is 267 g/mol. The minimum absolute atomic E-state index is 0.0181. The summed E-state index contributed by atoms with van der Waals surface area (Å²) in [6, 6.07) is 0.0396. The van der Waals surface area contributed by atoms with Gasteiger partial charge < -0.3 is 16.0 Å². The molecule has 0 aliphatic carbocycles. The molecule has 1 aromatic rings. The molecule has 1 aliphatic heterocycles. The summed E-state index contributed by atoms with van der Waals surface area (Å²) in [7, 11) is 0. The Morgan fingerprint density at radius 2 is 2.16 bits per heavy atom. The van der Waals surface area contributed by atoms with Gasteiger partial charge in [-0.3, -0.25) is 9.59 Å². The number of aromatic nitrogens is 4. The van der Waals surface area contributed by atoms with Crippen LogP contribution in [0.4, 0.5) is 0 Å². The predicted octanol–water partition coefficient (Wildman–Crippen LogP) is -2.26. The van der Waals surface area contributed by atoms with Crippen LogP contribution in [-0.4, -0.2) is 62.6 Å². The Balaban J connectivity index is 2.02. The quantitative estimate of drug-likeness (QED) is 0.621. The van der Waals surface area contributed by atoms with Crippen molar-refractivity contribution in [2.45, 2.75) is 25.4 Å². The molecule has 0 saturated carbocycles. The molecule has 9 nitrogen and oxygen atoms in total. The number of nitrogens with two attached hydrogens (primary N) is 1. The number of tetrazole rings is 1. The fourth-order valence-corrected chi connectivity index (χ4v) is 2.19. The van der Waals surface area contributed by atoms with Gasteiger partial charge in [-0.1, -0.05) is 0 Å². The molecule has 0 atom stereocenters.